The Morgan fingerprint density at radius 3 is 2.88 bits per heavy atom. The normalized spacial score (nSPS) is 14.2. The van der Waals surface area contributed by atoms with E-state index in [0.29, 0.717) is 5.02 Å². The Kier molecular flexibility index (Phi) is 4.40. The molecule has 0 amide bonds. The monoisotopic (exact) mass is 354 g/mol. The molecule has 0 saturated heterocycles. The molecule has 1 fully saturated rings. The maximum absolute atomic E-state index is 6.46. The summed E-state index contributed by atoms with van der Waals surface area (Å²) < 4.78 is 0. The molecule has 130 valence electrons. The fraction of sp³-hybridized carbons (Fsp3) is 0.350. The van der Waals surface area contributed by atoms with Gasteiger partial charge in [-0.1, -0.05) is 17.7 Å². The lowest BCUT2D eigenvalue weighted by atomic mass is 10.1. The lowest BCUT2D eigenvalue weighted by molar-refractivity contribution is 0.675. The molecule has 0 atom stereocenters. The first kappa shape index (κ1) is 16.4. The number of likely N-dealkylation sites (N-methyl/N-ethyl adjacent to an activating group) is 1. The number of anilines is 1. The van der Waals surface area contributed by atoms with Crippen LogP contribution in [0.4, 0.5) is 5.69 Å². The van der Waals surface area contributed by atoms with Crippen LogP contribution >= 0.6 is 11.6 Å². The molecule has 1 aliphatic carbocycles. The van der Waals surface area contributed by atoms with Gasteiger partial charge in [-0.2, -0.15) is 0 Å². The highest BCUT2D eigenvalue weighted by Crippen LogP contribution is 2.31. The number of hydrogen-bond acceptors (Lipinski definition) is 3. The lowest BCUT2D eigenvalue weighted by Gasteiger charge is -2.20. The maximum atomic E-state index is 6.46. The number of imidazole rings is 1. The summed E-state index contributed by atoms with van der Waals surface area (Å²) in [7, 11) is 2.11. The predicted octanol–water partition coefficient (Wildman–Crippen LogP) is 4.38. The summed E-state index contributed by atoms with van der Waals surface area (Å²) in [6.45, 7) is 4.05. The molecule has 0 unspecified atom stereocenters. The zero-order chi connectivity index (χ0) is 17.4. The third kappa shape index (κ3) is 3.65. The van der Waals surface area contributed by atoms with Crippen LogP contribution < -0.4 is 10.2 Å². The van der Waals surface area contributed by atoms with Gasteiger partial charge < -0.3 is 15.2 Å². The summed E-state index contributed by atoms with van der Waals surface area (Å²) >= 11 is 6.46. The molecule has 4 rings (SSSR count). The fourth-order valence-corrected chi connectivity index (χ4v) is 3.24. The molecular weight excluding hydrogens is 332 g/mol. The standard InChI is InChI=1S/C20H23ClN4/c1-13-3-8-18-19(11-13)24-20(23-18)16-12-15(6-7-17(16)21)25(2)10-9-22-14-4-5-14/h3,6-8,11-12,14,22H,4-5,9-10H2,1-2H3,(H,23,24). The van der Waals surface area contributed by atoms with Crippen LogP contribution in [0, 0.1) is 6.92 Å². The van der Waals surface area contributed by atoms with Crippen molar-refractivity contribution in [2.75, 3.05) is 25.0 Å². The van der Waals surface area contributed by atoms with Crippen LogP contribution in [0.3, 0.4) is 0 Å². The molecule has 0 bridgehead atoms. The van der Waals surface area contributed by atoms with E-state index in [1.165, 1.54) is 18.4 Å². The smallest absolute Gasteiger partial charge is 0.140 e. The van der Waals surface area contributed by atoms with E-state index in [1.54, 1.807) is 0 Å². The van der Waals surface area contributed by atoms with Crippen LogP contribution in [0.5, 0.6) is 0 Å². The van der Waals surface area contributed by atoms with Gasteiger partial charge in [-0.05, 0) is 55.7 Å². The molecule has 25 heavy (non-hydrogen) atoms. The van der Waals surface area contributed by atoms with Crippen molar-refractivity contribution in [1.29, 1.82) is 0 Å². The molecule has 1 saturated carbocycles. The molecule has 0 aliphatic heterocycles. The molecule has 1 aliphatic rings. The van der Waals surface area contributed by atoms with Gasteiger partial charge in [0.05, 0.1) is 16.1 Å². The van der Waals surface area contributed by atoms with Crippen molar-refractivity contribution in [3.05, 3.63) is 47.0 Å². The Morgan fingerprint density at radius 2 is 2.08 bits per heavy atom. The van der Waals surface area contributed by atoms with E-state index in [-0.39, 0.29) is 0 Å². The molecule has 1 heterocycles. The molecule has 3 aromatic rings. The molecule has 5 heteroatoms. The van der Waals surface area contributed by atoms with Crippen molar-refractivity contribution >= 4 is 28.3 Å². The van der Waals surface area contributed by atoms with Crippen molar-refractivity contribution in [3.8, 4) is 11.4 Å². The van der Waals surface area contributed by atoms with E-state index in [2.05, 4.69) is 53.4 Å². The molecule has 0 spiro atoms. The second-order valence-electron chi connectivity index (χ2n) is 6.92. The summed E-state index contributed by atoms with van der Waals surface area (Å²) in [4.78, 5) is 10.4. The summed E-state index contributed by atoms with van der Waals surface area (Å²) in [5.74, 6) is 0.817. The Balaban J connectivity index is 1.59. The number of halogens is 1. The first-order chi connectivity index (χ1) is 12.1. The van der Waals surface area contributed by atoms with Gasteiger partial charge in [0.15, 0.2) is 0 Å². The highest BCUT2D eigenvalue weighted by Gasteiger charge is 2.20. The van der Waals surface area contributed by atoms with E-state index >= 15 is 0 Å². The van der Waals surface area contributed by atoms with Crippen LogP contribution in [0.2, 0.25) is 5.02 Å². The molecule has 0 radical (unpaired) electrons. The molecule has 1 aromatic heterocycles. The highest BCUT2D eigenvalue weighted by atomic mass is 35.5. The minimum Gasteiger partial charge on any atom is -0.373 e. The average molecular weight is 355 g/mol. The maximum Gasteiger partial charge on any atom is 0.140 e. The van der Waals surface area contributed by atoms with E-state index in [9.17, 15) is 0 Å². The number of hydrogen-bond donors (Lipinski definition) is 2. The predicted molar refractivity (Wildman–Crippen MR) is 106 cm³/mol. The van der Waals surface area contributed by atoms with Crippen LogP contribution in [-0.2, 0) is 0 Å². The van der Waals surface area contributed by atoms with Crippen molar-refractivity contribution in [3.63, 3.8) is 0 Å². The zero-order valence-electron chi connectivity index (χ0n) is 14.6. The van der Waals surface area contributed by atoms with E-state index < -0.39 is 0 Å². The Bertz CT molecular complexity index is 898. The first-order valence-electron chi connectivity index (χ1n) is 8.81. The second kappa shape index (κ2) is 6.70. The summed E-state index contributed by atoms with van der Waals surface area (Å²) in [5, 5.41) is 4.26. The third-order valence-corrected chi connectivity index (χ3v) is 5.07. The van der Waals surface area contributed by atoms with Crippen molar-refractivity contribution in [2.45, 2.75) is 25.8 Å². The van der Waals surface area contributed by atoms with Crippen LogP contribution in [0.25, 0.3) is 22.4 Å². The molecule has 4 nitrogen and oxygen atoms in total. The molecular formula is C20H23ClN4. The number of rotatable bonds is 6. The van der Waals surface area contributed by atoms with Gasteiger partial charge in [0.2, 0.25) is 0 Å². The second-order valence-corrected chi connectivity index (χ2v) is 7.33. The number of benzene rings is 2. The molecule has 2 aromatic carbocycles. The number of fused-ring (bicyclic) bond motifs is 1. The van der Waals surface area contributed by atoms with E-state index in [0.717, 1.165) is 47.2 Å². The average Bonchev–Trinajstić information content (AvgIpc) is 3.32. The summed E-state index contributed by atoms with van der Waals surface area (Å²) in [6, 6.07) is 13.1. The SMILES string of the molecule is Cc1ccc2nc(-c3cc(N(C)CCNC4CC4)ccc3Cl)[nH]c2c1. The van der Waals surface area contributed by atoms with Crippen LogP contribution in [-0.4, -0.2) is 36.1 Å². The van der Waals surface area contributed by atoms with Gasteiger partial charge in [-0.15, -0.1) is 0 Å². The number of H-pyrrole nitrogens is 1. The quantitative estimate of drug-likeness (QED) is 0.690. The number of aromatic amines is 1. The lowest BCUT2D eigenvalue weighted by Crippen LogP contribution is -2.30. The van der Waals surface area contributed by atoms with Crippen molar-refractivity contribution in [1.82, 2.24) is 15.3 Å². The Morgan fingerprint density at radius 1 is 1.24 bits per heavy atom. The minimum absolute atomic E-state index is 0.712. The van der Waals surface area contributed by atoms with Crippen LogP contribution in [0.1, 0.15) is 18.4 Å². The van der Waals surface area contributed by atoms with Gasteiger partial charge in [0.25, 0.3) is 0 Å². The number of nitrogens with one attached hydrogen (secondary N) is 2. The molecule has 2 N–H and O–H groups in total. The number of nitrogens with zero attached hydrogens (tertiary/aromatic N) is 2. The topological polar surface area (TPSA) is 44.0 Å². The number of aryl methyl sites for hydroxylation is 1. The van der Waals surface area contributed by atoms with Crippen molar-refractivity contribution < 1.29 is 0 Å². The Hall–Kier alpha value is -2.04. The summed E-state index contributed by atoms with van der Waals surface area (Å²) in [5.41, 5.74) is 5.30. The number of aromatic nitrogens is 2. The first-order valence-corrected chi connectivity index (χ1v) is 9.19. The zero-order valence-corrected chi connectivity index (χ0v) is 15.4. The van der Waals surface area contributed by atoms with E-state index in [4.69, 9.17) is 16.6 Å². The van der Waals surface area contributed by atoms with Gasteiger partial charge in [-0.3, -0.25) is 0 Å². The van der Waals surface area contributed by atoms with Crippen LogP contribution in [0.15, 0.2) is 36.4 Å². The largest absolute Gasteiger partial charge is 0.373 e. The third-order valence-electron chi connectivity index (χ3n) is 4.74. The Labute approximate surface area is 153 Å². The highest BCUT2D eigenvalue weighted by molar-refractivity contribution is 6.33. The van der Waals surface area contributed by atoms with Gasteiger partial charge in [0.1, 0.15) is 5.82 Å². The van der Waals surface area contributed by atoms with Gasteiger partial charge >= 0.3 is 0 Å². The van der Waals surface area contributed by atoms with Gasteiger partial charge in [-0.25, -0.2) is 4.98 Å². The van der Waals surface area contributed by atoms with Gasteiger partial charge in [0, 0.05) is 37.4 Å². The fourth-order valence-electron chi connectivity index (χ4n) is 3.04. The minimum atomic E-state index is 0.712. The summed E-state index contributed by atoms with van der Waals surface area (Å²) in [6.07, 6.45) is 2.64. The van der Waals surface area contributed by atoms with E-state index in [1.807, 2.05) is 12.1 Å². The van der Waals surface area contributed by atoms with Crippen molar-refractivity contribution in [2.24, 2.45) is 0 Å².